The predicted octanol–water partition coefficient (Wildman–Crippen LogP) is 10.3. The van der Waals surface area contributed by atoms with E-state index in [4.69, 9.17) is 32.7 Å². The zero-order valence-electron chi connectivity index (χ0n) is 24.6. The minimum Gasteiger partial charge on any atom is -0.457 e. The Balaban J connectivity index is 0.000000172. The molecule has 0 fully saturated rings. The van der Waals surface area contributed by atoms with Gasteiger partial charge in [-0.1, -0.05) is 41.9 Å². The zero-order valence-corrected chi connectivity index (χ0v) is 26.2. The summed E-state index contributed by atoms with van der Waals surface area (Å²) in [6, 6.07) is 36.4. The Morgan fingerprint density at radius 2 is 1.06 bits per heavy atom. The van der Waals surface area contributed by atoms with Gasteiger partial charge in [0.05, 0.1) is 0 Å². The molecule has 0 aliphatic rings. The smallest absolute Gasteiger partial charge is 0.256 e. The highest BCUT2D eigenvalue weighted by Gasteiger charge is 2.12. The van der Waals surface area contributed by atoms with Crippen LogP contribution >= 0.6 is 23.2 Å². The van der Waals surface area contributed by atoms with Crippen molar-refractivity contribution >= 4 is 61.6 Å². The van der Waals surface area contributed by atoms with Crippen molar-refractivity contribution in [3.05, 3.63) is 162 Å². The monoisotopic (exact) mass is 657 g/mol. The van der Waals surface area contributed by atoms with Crippen molar-refractivity contribution in [2.45, 2.75) is 0 Å². The molecule has 0 bridgehead atoms. The normalized spacial score (nSPS) is 10.5. The second kappa shape index (κ2) is 14.6. The summed E-state index contributed by atoms with van der Waals surface area (Å²) in [6.45, 7) is 0. The van der Waals surface area contributed by atoms with E-state index in [2.05, 4.69) is 15.3 Å². The maximum atomic E-state index is 12.7. The molecule has 1 N–H and O–H groups in total. The molecule has 0 radical (unpaired) electrons. The quantitative estimate of drug-likeness (QED) is 0.172. The van der Waals surface area contributed by atoms with E-state index in [1.807, 2.05) is 54.6 Å². The Hall–Kier alpha value is -5.76. The number of rotatable bonds is 7. The molecule has 0 unspecified atom stereocenters. The van der Waals surface area contributed by atoms with E-state index in [0.29, 0.717) is 44.8 Å². The summed E-state index contributed by atoms with van der Waals surface area (Å²) in [4.78, 5) is 32.0. The fraction of sp³-hybridized carbons (Fsp3) is 0. The Labute approximate surface area is 280 Å². The number of fused-ring (bicyclic) bond motifs is 2. The molecular weight excluding hydrogens is 633 g/mol. The molecule has 7 aromatic rings. The van der Waals surface area contributed by atoms with Gasteiger partial charge < -0.3 is 14.8 Å². The summed E-state index contributed by atoms with van der Waals surface area (Å²) < 4.78 is 11.6. The summed E-state index contributed by atoms with van der Waals surface area (Å²) >= 11 is 11.6. The van der Waals surface area contributed by atoms with Gasteiger partial charge >= 0.3 is 0 Å². The number of hydrogen-bond donors (Lipinski definition) is 1. The highest BCUT2D eigenvalue weighted by molar-refractivity contribution is 6.68. The number of anilines is 1. The van der Waals surface area contributed by atoms with Crippen molar-refractivity contribution in [2.24, 2.45) is 0 Å². The van der Waals surface area contributed by atoms with E-state index in [1.54, 1.807) is 91.5 Å². The molecule has 0 atom stereocenters. The lowest BCUT2D eigenvalue weighted by Gasteiger charge is -2.10. The standard InChI is InChI=1S/C22H15ClN2O2.C16H10ClNO2/c23-16-4-2-5-17(14-16)25-22(26)21-6-1-3-15-13-19(7-8-20(15)21)27-18-9-11-24-12-10-18;17-16(19)15-3-1-2-11-10-13(4-5-14(11)15)20-12-6-8-18-9-7-12/h1-14H,(H,25,26);1-10H. The molecule has 2 heterocycles. The summed E-state index contributed by atoms with van der Waals surface area (Å²) in [5, 5.41) is 6.48. The predicted molar refractivity (Wildman–Crippen MR) is 186 cm³/mol. The number of halogens is 2. The van der Waals surface area contributed by atoms with Crippen LogP contribution in [0.15, 0.2) is 146 Å². The number of nitrogens with zero attached hydrogens (tertiary/aromatic N) is 2. The van der Waals surface area contributed by atoms with Crippen LogP contribution in [-0.4, -0.2) is 21.1 Å². The van der Waals surface area contributed by atoms with Gasteiger partial charge in [-0.05, 0) is 124 Å². The number of ether oxygens (including phenoxy) is 2. The van der Waals surface area contributed by atoms with Crippen LogP contribution in [0.25, 0.3) is 21.5 Å². The molecular formula is C38H25Cl2N3O4. The van der Waals surface area contributed by atoms with Gasteiger partial charge in [-0.25, -0.2) is 0 Å². The average Bonchev–Trinajstić information content (AvgIpc) is 3.09. The second-order valence-corrected chi connectivity index (χ2v) is 11.0. The van der Waals surface area contributed by atoms with E-state index < -0.39 is 5.24 Å². The van der Waals surface area contributed by atoms with Crippen molar-refractivity contribution in [1.29, 1.82) is 0 Å². The number of hydrogen-bond acceptors (Lipinski definition) is 6. The summed E-state index contributed by atoms with van der Waals surface area (Å²) in [5.41, 5.74) is 1.74. The summed E-state index contributed by atoms with van der Waals surface area (Å²) in [6.07, 6.45) is 6.69. The maximum absolute atomic E-state index is 12.7. The van der Waals surface area contributed by atoms with Gasteiger partial charge in [-0.3, -0.25) is 19.6 Å². The minimum absolute atomic E-state index is 0.189. The SMILES string of the molecule is O=C(Cl)c1cccc2cc(Oc3ccncc3)ccc12.O=C(Nc1cccc(Cl)c1)c1cccc2cc(Oc3ccncc3)ccc12. The average molecular weight is 659 g/mol. The lowest BCUT2D eigenvalue weighted by Crippen LogP contribution is -2.12. The molecule has 7 rings (SSSR count). The van der Waals surface area contributed by atoms with Crippen molar-refractivity contribution in [2.75, 3.05) is 5.32 Å². The first-order chi connectivity index (χ1) is 22.9. The fourth-order valence-corrected chi connectivity index (χ4v) is 5.22. The number of nitrogens with one attached hydrogen (secondary N) is 1. The van der Waals surface area contributed by atoms with Crippen LogP contribution in [0.1, 0.15) is 20.7 Å². The maximum Gasteiger partial charge on any atom is 0.256 e. The Kier molecular flexibility index (Phi) is 9.67. The highest BCUT2D eigenvalue weighted by Crippen LogP contribution is 2.29. The second-order valence-electron chi connectivity index (χ2n) is 10.2. The van der Waals surface area contributed by atoms with Crippen LogP contribution in [0.2, 0.25) is 5.02 Å². The molecule has 47 heavy (non-hydrogen) atoms. The van der Waals surface area contributed by atoms with Crippen molar-refractivity contribution in [3.63, 3.8) is 0 Å². The summed E-state index contributed by atoms with van der Waals surface area (Å²) in [7, 11) is 0. The molecule has 0 aliphatic carbocycles. The number of amides is 1. The third kappa shape index (κ3) is 7.91. The molecule has 0 saturated heterocycles. The van der Waals surface area contributed by atoms with Gasteiger partial charge in [0.15, 0.2) is 0 Å². The first-order valence-electron chi connectivity index (χ1n) is 14.4. The van der Waals surface area contributed by atoms with Gasteiger partial charge in [0, 0.05) is 46.6 Å². The molecule has 1 amide bonds. The van der Waals surface area contributed by atoms with E-state index in [0.717, 1.165) is 21.5 Å². The van der Waals surface area contributed by atoms with Crippen LogP contribution in [0.3, 0.4) is 0 Å². The van der Waals surface area contributed by atoms with Gasteiger partial charge in [0.25, 0.3) is 11.1 Å². The molecule has 0 saturated carbocycles. The molecule has 0 aliphatic heterocycles. The third-order valence-electron chi connectivity index (χ3n) is 7.01. The van der Waals surface area contributed by atoms with E-state index >= 15 is 0 Å². The zero-order chi connectivity index (χ0) is 32.6. The lowest BCUT2D eigenvalue weighted by molar-refractivity contribution is 0.102. The van der Waals surface area contributed by atoms with Gasteiger partial charge in [0.2, 0.25) is 0 Å². The van der Waals surface area contributed by atoms with E-state index in [1.165, 1.54) is 0 Å². The Bertz CT molecular complexity index is 2200. The highest BCUT2D eigenvalue weighted by atomic mass is 35.5. The number of pyridine rings is 2. The topological polar surface area (TPSA) is 90.4 Å². The Morgan fingerprint density at radius 3 is 1.60 bits per heavy atom. The first kappa shape index (κ1) is 31.2. The van der Waals surface area contributed by atoms with E-state index in [-0.39, 0.29) is 5.91 Å². The largest absolute Gasteiger partial charge is 0.457 e. The van der Waals surface area contributed by atoms with Gasteiger partial charge in [-0.15, -0.1) is 0 Å². The molecule has 7 nitrogen and oxygen atoms in total. The van der Waals surface area contributed by atoms with Crippen LogP contribution in [0.5, 0.6) is 23.0 Å². The molecule has 0 spiro atoms. The fourth-order valence-electron chi connectivity index (χ4n) is 4.87. The van der Waals surface area contributed by atoms with Crippen LogP contribution < -0.4 is 14.8 Å². The number of carbonyl (C=O) groups is 2. The number of aromatic nitrogens is 2. The van der Waals surface area contributed by atoms with Crippen molar-refractivity contribution in [1.82, 2.24) is 9.97 Å². The van der Waals surface area contributed by atoms with Gasteiger partial charge in [-0.2, -0.15) is 0 Å². The summed E-state index contributed by atoms with van der Waals surface area (Å²) in [5.74, 6) is 2.62. The van der Waals surface area contributed by atoms with Crippen molar-refractivity contribution < 1.29 is 19.1 Å². The van der Waals surface area contributed by atoms with Crippen molar-refractivity contribution in [3.8, 4) is 23.0 Å². The van der Waals surface area contributed by atoms with Gasteiger partial charge in [0.1, 0.15) is 23.0 Å². The number of carbonyl (C=O) groups excluding carboxylic acids is 2. The third-order valence-corrected chi connectivity index (χ3v) is 7.45. The van der Waals surface area contributed by atoms with E-state index in [9.17, 15) is 9.59 Å². The molecule has 9 heteroatoms. The molecule has 2 aromatic heterocycles. The van der Waals surface area contributed by atoms with Crippen LogP contribution in [-0.2, 0) is 0 Å². The molecule has 230 valence electrons. The first-order valence-corrected chi connectivity index (χ1v) is 15.2. The van der Waals surface area contributed by atoms with Crippen LogP contribution in [0, 0.1) is 0 Å². The number of benzene rings is 5. The Morgan fingerprint density at radius 1 is 0.553 bits per heavy atom. The van der Waals surface area contributed by atoms with Crippen LogP contribution in [0.4, 0.5) is 5.69 Å². The lowest BCUT2D eigenvalue weighted by atomic mass is 10.0. The minimum atomic E-state index is -0.460. The molecule has 5 aromatic carbocycles.